The van der Waals surface area contributed by atoms with Crippen LogP contribution in [0.5, 0.6) is 0 Å². The number of hydrogen-bond acceptors (Lipinski definition) is 5. The molecule has 2 aliphatic rings. The predicted octanol–water partition coefficient (Wildman–Crippen LogP) is 2.74. The van der Waals surface area contributed by atoms with Crippen LogP contribution in [0.1, 0.15) is 29.9 Å². The Labute approximate surface area is 149 Å². The summed E-state index contributed by atoms with van der Waals surface area (Å²) < 4.78 is 12.2. The first-order valence-corrected chi connectivity index (χ1v) is 9.01. The third-order valence-corrected chi connectivity index (χ3v) is 5.00. The summed E-state index contributed by atoms with van der Waals surface area (Å²) in [4.78, 5) is 11.3. The normalized spacial score (nSPS) is 22.7. The molecule has 0 unspecified atom stereocenters. The van der Waals surface area contributed by atoms with E-state index in [0.29, 0.717) is 6.61 Å². The van der Waals surface area contributed by atoms with E-state index in [4.69, 9.17) is 9.47 Å². The van der Waals surface area contributed by atoms with Crippen molar-refractivity contribution in [1.82, 2.24) is 14.9 Å². The maximum Gasteiger partial charge on any atom is 0.0959 e. The van der Waals surface area contributed by atoms with E-state index in [2.05, 4.69) is 27.0 Å². The predicted molar refractivity (Wildman–Crippen MR) is 95.0 cm³/mol. The SMILES string of the molecule is Cc1cccc(CN2CC3(C[C@@H](OCc4ccccn4)CCO3)C2)n1. The van der Waals surface area contributed by atoms with Gasteiger partial charge >= 0.3 is 0 Å². The zero-order chi connectivity index (χ0) is 17.1. The Kier molecular flexibility index (Phi) is 4.79. The Hall–Kier alpha value is -1.82. The fourth-order valence-corrected chi connectivity index (χ4v) is 3.83. The summed E-state index contributed by atoms with van der Waals surface area (Å²) in [6, 6.07) is 12.1. The number of aromatic nitrogens is 2. The Morgan fingerprint density at radius 3 is 2.88 bits per heavy atom. The molecule has 2 aromatic rings. The van der Waals surface area contributed by atoms with E-state index in [1.54, 1.807) is 0 Å². The van der Waals surface area contributed by atoms with Crippen LogP contribution >= 0.6 is 0 Å². The molecule has 25 heavy (non-hydrogen) atoms. The zero-order valence-electron chi connectivity index (χ0n) is 14.7. The van der Waals surface area contributed by atoms with Crippen molar-refractivity contribution in [1.29, 1.82) is 0 Å². The molecule has 5 nitrogen and oxygen atoms in total. The Balaban J connectivity index is 1.27. The Morgan fingerprint density at radius 2 is 2.08 bits per heavy atom. The van der Waals surface area contributed by atoms with Gasteiger partial charge in [0.05, 0.1) is 29.7 Å². The molecule has 4 rings (SSSR count). The van der Waals surface area contributed by atoms with Crippen molar-refractivity contribution in [3.05, 3.63) is 59.7 Å². The molecular formula is C20H25N3O2. The van der Waals surface area contributed by atoms with Crippen molar-refractivity contribution in [3.63, 3.8) is 0 Å². The third-order valence-electron chi connectivity index (χ3n) is 5.00. The highest BCUT2D eigenvalue weighted by Crippen LogP contribution is 2.36. The van der Waals surface area contributed by atoms with E-state index in [1.165, 1.54) is 0 Å². The van der Waals surface area contributed by atoms with E-state index >= 15 is 0 Å². The molecule has 5 heteroatoms. The van der Waals surface area contributed by atoms with Crippen LogP contribution < -0.4 is 0 Å². The second kappa shape index (κ2) is 7.20. The van der Waals surface area contributed by atoms with E-state index in [9.17, 15) is 0 Å². The molecule has 1 spiro atoms. The molecule has 0 amide bonds. The van der Waals surface area contributed by atoms with Crippen LogP contribution in [0.2, 0.25) is 0 Å². The lowest BCUT2D eigenvalue weighted by Gasteiger charge is -2.53. The highest BCUT2D eigenvalue weighted by molar-refractivity contribution is 5.11. The molecule has 2 saturated heterocycles. The summed E-state index contributed by atoms with van der Waals surface area (Å²) in [6.45, 7) is 6.22. The van der Waals surface area contributed by atoms with Gasteiger partial charge in [-0.15, -0.1) is 0 Å². The zero-order valence-corrected chi connectivity index (χ0v) is 14.7. The van der Waals surface area contributed by atoms with Gasteiger partial charge in [-0.1, -0.05) is 12.1 Å². The number of ether oxygens (including phenoxy) is 2. The summed E-state index contributed by atoms with van der Waals surface area (Å²) >= 11 is 0. The highest BCUT2D eigenvalue weighted by Gasteiger charge is 2.47. The summed E-state index contributed by atoms with van der Waals surface area (Å²) in [5.74, 6) is 0. The number of rotatable bonds is 5. The molecule has 0 saturated carbocycles. The van der Waals surface area contributed by atoms with Gasteiger partial charge in [0, 0.05) is 44.6 Å². The number of nitrogens with zero attached hydrogens (tertiary/aromatic N) is 3. The van der Waals surface area contributed by atoms with Crippen molar-refractivity contribution in [2.75, 3.05) is 19.7 Å². The van der Waals surface area contributed by atoms with Gasteiger partial charge in [-0.3, -0.25) is 14.9 Å². The molecule has 0 aliphatic carbocycles. The molecular weight excluding hydrogens is 314 g/mol. The van der Waals surface area contributed by atoms with Gasteiger partial charge in [-0.25, -0.2) is 0 Å². The first-order valence-electron chi connectivity index (χ1n) is 9.01. The molecule has 0 aromatic carbocycles. The average Bonchev–Trinajstić information content (AvgIpc) is 2.60. The first-order chi connectivity index (χ1) is 12.2. The maximum atomic E-state index is 6.12. The van der Waals surface area contributed by atoms with E-state index < -0.39 is 0 Å². The van der Waals surface area contributed by atoms with Crippen LogP contribution in [0.4, 0.5) is 0 Å². The maximum absolute atomic E-state index is 6.12. The van der Waals surface area contributed by atoms with E-state index in [0.717, 1.165) is 56.2 Å². The van der Waals surface area contributed by atoms with Gasteiger partial charge in [-0.05, 0) is 37.6 Å². The number of aryl methyl sites for hydroxylation is 1. The van der Waals surface area contributed by atoms with Gasteiger partial charge in [0.1, 0.15) is 0 Å². The lowest BCUT2D eigenvalue weighted by Crippen LogP contribution is -2.65. The van der Waals surface area contributed by atoms with Crippen molar-refractivity contribution < 1.29 is 9.47 Å². The molecule has 132 valence electrons. The smallest absolute Gasteiger partial charge is 0.0959 e. The van der Waals surface area contributed by atoms with Crippen molar-refractivity contribution in [3.8, 4) is 0 Å². The summed E-state index contributed by atoms with van der Waals surface area (Å²) in [6.07, 6.45) is 4.01. The second-order valence-electron chi connectivity index (χ2n) is 7.19. The quantitative estimate of drug-likeness (QED) is 0.838. The molecule has 2 aromatic heterocycles. The average molecular weight is 339 g/mol. The minimum atomic E-state index is -0.0309. The van der Waals surface area contributed by atoms with Crippen molar-refractivity contribution in [2.45, 2.75) is 44.6 Å². The van der Waals surface area contributed by atoms with Crippen LogP contribution in [-0.4, -0.2) is 46.3 Å². The highest BCUT2D eigenvalue weighted by atomic mass is 16.5. The van der Waals surface area contributed by atoms with Gasteiger partial charge in [0.25, 0.3) is 0 Å². The summed E-state index contributed by atoms with van der Waals surface area (Å²) in [7, 11) is 0. The molecule has 4 heterocycles. The van der Waals surface area contributed by atoms with E-state index in [-0.39, 0.29) is 11.7 Å². The molecule has 2 fully saturated rings. The van der Waals surface area contributed by atoms with Gasteiger partial charge < -0.3 is 9.47 Å². The topological polar surface area (TPSA) is 47.5 Å². The minimum Gasteiger partial charge on any atom is -0.372 e. The summed E-state index contributed by atoms with van der Waals surface area (Å²) in [5, 5.41) is 0. The number of hydrogen-bond donors (Lipinski definition) is 0. The van der Waals surface area contributed by atoms with Gasteiger partial charge in [0.2, 0.25) is 0 Å². The largest absolute Gasteiger partial charge is 0.372 e. The van der Waals surface area contributed by atoms with Crippen LogP contribution in [0.15, 0.2) is 42.6 Å². The molecule has 0 bridgehead atoms. The van der Waals surface area contributed by atoms with Gasteiger partial charge in [-0.2, -0.15) is 0 Å². The number of pyridine rings is 2. The van der Waals surface area contributed by atoms with Crippen molar-refractivity contribution in [2.24, 2.45) is 0 Å². The van der Waals surface area contributed by atoms with E-state index in [1.807, 2.05) is 37.4 Å². The third kappa shape index (κ3) is 4.06. The van der Waals surface area contributed by atoms with Gasteiger partial charge in [0.15, 0.2) is 0 Å². The fraction of sp³-hybridized carbons (Fsp3) is 0.500. The molecule has 0 N–H and O–H groups in total. The minimum absolute atomic E-state index is 0.0309. The van der Waals surface area contributed by atoms with Crippen LogP contribution in [0.3, 0.4) is 0 Å². The lowest BCUT2D eigenvalue weighted by atomic mass is 9.84. The monoisotopic (exact) mass is 339 g/mol. The van der Waals surface area contributed by atoms with Crippen LogP contribution in [-0.2, 0) is 22.6 Å². The molecule has 2 aliphatic heterocycles. The summed E-state index contributed by atoms with van der Waals surface area (Å²) in [5.41, 5.74) is 3.17. The molecule has 1 atom stereocenters. The Morgan fingerprint density at radius 1 is 1.20 bits per heavy atom. The van der Waals surface area contributed by atoms with Crippen LogP contribution in [0, 0.1) is 6.92 Å². The Bertz CT molecular complexity index is 701. The standard InChI is InChI=1S/C20H25N3O2/c1-16-5-4-7-17(22-16)12-23-14-20(15-23)11-19(8-10-25-20)24-13-18-6-2-3-9-21-18/h2-7,9,19H,8,10-15H2,1H3/t19-/m0/s1. The first kappa shape index (κ1) is 16.6. The number of likely N-dealkylation sites (tertiary alicyclic amines) is 1. The van der Waals surface area contributed by atoms with Crippen molar-refractivity contribution >= 4 is 0 Å². The lowest BCUT2D eigenvalue weighted by molar-refractivity contribution is -0.200. The molecule has 0 radical (unpaired) electrons. The fourth-order valence-electron chi connectivity index (χ4n) is 3.83. The second-order valence-corrected chi connectivity index (χ2v) is 7.19. The van der Waals surface area contributed by atoms with Crippen LogP contribution in [0.25, 0.3) is 0 Å².